The van der Waals surface area contributed by atoms with Gasteiger partial charge < -0.3 is 0 Å². The molecule has 0 saturated heterocycles. The lowest BCUT2D eigenvalue weighted by Gasteiger charge is -2.03. The van der Waals surface area contributed by atoms with E-state index in [2.05, 4.69) is 6.92 Å². The minimum atomic E-state index is -0.525. The van der Waals surface area contributed by atoms with Crippen LogP contribution in [0.1, 0.15) is 32.6 Å². The van der Waals surface area contributed by atoms with Gasteiger partial charge in [-0.3, -0.25) is 9.18 Å². The molecule has 0 spiro atoms. The third-order valence-corrected chi connectivity index (χ3v) is 1.70. The van der Waals surface area contributed by atoms with Gasteiger partial charge in [0.2, 0.25) is 0 Å². The zero-order chi connectivity index (χ0) is 8.69. The maximum absolute atomic E-state index is 11.9. The third-order valence-electron chi connectivity index (χ3n) is 1.70. The van der Waals surface area contributed by atoms with Crippen molar-refractivity contribution < 1.29 is 9.18 Å². The van der Waals surface area contributed by atoms with Gasteiger partial charge in [-0.15, -0.1) is 0 Å². The van der Waals surface area contributed by atoms with Gasteiger partial charge in [0.1, 0.15) is 5.78 Å². The van der Waals surface area contributed by atoms with Gasteiger partial charge in [0, 0.05) is 12.3 Å². The summed E-state index contributed by atoms with van der Waals surface area (Å²) in [5, 5.41) is 0. The molecular weight excluding hydrogens is 143 g/mol. The Morgan fingerprint density at radius 3 is 2.64 bits per heavy atom. The van der Waals surface area contributed by atoms with Gasteiger partial charge in [-0.1, -0.05) is 26.7 Å². The summed E-state index contributed by atoms with van der Waals surface area (Å²) in [6.45, 7) is 4.77. The van der Waals surface area contributed by atoms with Gasteiger partial charge in [0.05, 0.1) is 6.67 Å². The van der Waals surface area contributed by atoms with Crippen LogP contribution in [0.5, 0.6) is 0 Å². The molecule has 1 unspecified atom stereocenters. The first kappa shape index (κ1) is 10.6. The van der Waals surface area contributed by atoms with Gasteiger partial charge in [-0.25, -0.2) is 0 Å². The minimum Gasteiger partial charge on any atom is -0.299 e. The number of unbranched alkanes of at least 4 members (excludes halogenated alkanes) is 2. The van der Waals surface area contributed by atoms with E-state index in [4.69, 9.17) is 0 Å². The van der Waals surface area contributed by atoms with Crippen LogP contribution in [0.4, 0.5) is 4.39 Å². The first-order chi connectivity index (χ1) is 5.22. The molecule has 0 N–H and O–H groups in total. The topological polar surface area (TPSA) is 17.1 Å². The van der Waals surface area contributed by atoms with Gasteiger partial charge in [0.25, 0.3) is 0 Å². The molecule has 0 aliphatic carbocycles. The summed E-state index contributed by atoms with van der Waals surface area (Å²) in [5.74, 6) is -0.360. The van der Waals surface area contributed by atoms with Crippen LogP contribution in [0, 0.1) is 12.8 Å². The first-order valence-corrected chi connectivity index (χ1v) is 4.10. The van der Waals surface area contributed by atoms with Gasteiger partial charge in [-0.05, 0) is 6.42 Å². The number of rotatable bonds is 6. The van der Waals surface area contributed by atoms with Crippen LogP contribution < -0.4 is 0 Å². The Kier molecular flexibility index (Phi) is 6.09. The Hall–Kier alpha value is -0.400. The average Bonchev–Trinajstić information content (AvgIpc) is 2.03. The molecule has 0 heterocycles. The molecule has 1 atom stereocenters. The molecule has 0 aromatic heterocycles. The van der Waals surface area contributed by atoms with E-state index in [9.17, 15) is 9.18 Å². The summed E-state index contributed by atoms with van der Waals surface area (Å²) in [5.41, 5.74) is 0. The molecule has 11 heavy (non-hydrogen) atoms. The van der Waals surface area contributed by atoms with E-state index in [0.29, 0.717) is 6.42 Å². The highest BCUT2D eigenvalue weighted by molar-refractivity contribution is 5.80. The fourth-order valence-corrected chi connectivity index (χ4v) is 0.808. The number of ketones is 1. The molecule has 1 radical (unpaired) electrons. The molecule has 0 aliphatic heterocycles. The van der Waals surface area contributed by atoms with Crippen LogP contribution in [-0.4, -0.2) is 12.5 Å². The number of hydrogen-bond acceptors (Lipinski definition) is 1. The van der Waals surface area contributed by atoms with Crippen molar-refractivity contribution in [3.05, 3.63) is 6.92 Å². The Labute approximate surface area is 68.0 Å². The van der Waals surface area contributed by atoms with E-state index in [0.717, 1.165) is 19.3 Å². The van der Waals surface area contributed by atoms with Crippen molar-refractivity contribution in [3.8, 4) is 0 Å². The van der Waals surface area contributed by atoms with E-state index < -0.39 is 12.6 Å². The highest BCUT2D eigenvalue weighted by atomic mass is 19.1. The van der Waals surface area contributed by atoms with Gasteiger partial charge in [0.15, 0.2) is 0 Å². The number of halogens is 1. The minimum absolute atomic E-state index is 0.0425. The predicted molar refractivity (Wildman–Crippen MR) is 44.0 cm³/mol. The normalized spacial score (nSPS) is 13.0. The second-order valence-electron chi connectivity index (χ2n) is 2.83. The van der Waals surface area contributed by atoms with E-state index in [1.165, 1.54) is 0 Å². The quantitative estimate of drug-likeness (QED) is 0.544. The Morgan fingerprint density at radius 1 is 1.55 bits per heavy atom. The third kappa shape index (κ3) is 4.93. The van der Waals surface area contributed by atoms with Crippen molar-refractivity contribution in [1.29, 1.82) is 0 Å². The smallest absolute Gasteiger partial charge is 0.138 e. The fraction of sp³-hybridized carbons (Fsp3) is 0.778. The lowest BCUT2D eigenvalue weighted by molar-refractivity contribution is -0.122. The zero-order valence-corrected chi connectivity index (χ0v) is 7.11. The lowest BCUT2D eigenvalue weighted by atomic mass is 10.0. The molecule has 0 bridgehead atoms. The van der Waals surface area contributed by atoms with Crippen LogP contribution in [0.3, 0.4) is 0 Å². The highest BCUT2D eigenvalue weighted by Crippen LogP contribution is 2.06. The average molecular weight is 159 g/mol. The summed E-state index contributed by atoms with van der Waals surface area (Å²) >= 11 is 0. The molecule has 1 nitrogen and oxygen atoms in total. The van der Waals surface area contributed by atoms with Crippen LogP contribution in [0.2, 0.25) is 0 Å². The molecule has 0 aliphatic rings. The van der Waals surface area contributed by atoms with E-state index >= 15 is 0 Å². The second-order valence-corrected chi connectivity index (χ2v) is 2.83. The molecular formula is C9H16FO. The van der Waals surface area contributed by atoms with Crippen molar-refractivity contribution in [2.24, 2.45) is 5.92 Å². The Morgan fingerprint density at radius 2 is 2.18 bits per heavy atom. The SMILES string of the molecule is [CH2]CCCCC(=O)C(C)CF. The second kappa shape index (κ2) is 6.32. The van der Waals surface area contributed by atoms with Crippen LogP contribution >= 0.6 is 0 Å². The Balaban J connectivity index is 3.36. The highest BCUT2D eigenvalue weighted by Gasteiger charge is 2.10. The molecule has 0 aromatic rings. The van der Waals surface area contributed by atoms with E-state index in [1.54, 1.807) is 6.92 Å². The maximum atomic E-state index is 11.9. The first-order valence-electron chi connectivity index (χ1n) is 4.10. The Bertz CT molecular complexity index is 112. The van der Waals surface area contributed by atoms with Gasteiger partial charge in [-0.2, -0.15) is 0 Å². The van der Waals surface area contributed by atoms with Crippen molar-refractivity contribution in [2.75, 3.05) is 6.67 Å². The van der Waals surface area contributed by atoms with Crippen molar-refractivity contribution in [3.63, 3.8) is 0 Å². The largest absolute Gasteiger partial charge is 0.299 e. The summed E-state index contributed by atoms with van der Waals surface area (Å²) in [6.07, 6.45) is 3.19. The standard InChI is InChI=1S/C9H16FO/c1-3-4-5-6-9(11)8(2)7-10/h8H,1,3-7H2,2H3. The molecule has 0 fully saturated rings. The van der Waals surface area contributed by atoms with Crippen LogP contribution in [-0.2, 0) is 4.79 Å². The molecule has 0 rings (SSSR count). The molecule has 0 saturated carbocycles. The number of carbonyl (C=O) groups is 1. The van der Waals surface area contributed by atoms with Crippen molar-refractivity contribution in [2.45, 2.75) is 32.6 Å². The molecule has 0 amide bonds. The summed E-state index contributed by atoms with van der Waals surface area (Å²) in [6, 6.07) is 0. The number of hydrogen-bond donors (Lipinski definition) is 0. The maximum Gasteiger partial charge on any atom is 0.138 e. The van der Waals surface area contributed by atoms with E-state index in [1.807, 2.05) is 0 Å². The van der Waals surface area contributed by atoms with Crippen molar-refractivity contribution >= 4 is 5.78 Å². The van der Waals surface area contributed by atoms with Crippen LogP contribution in [0.15, 0.2) is 0 Å². The number of Topliss-reactive ketones (excluding diaryl/α,β-unsaturated/α-hetero) is 1. The van der Waals surface area contributed by atoms with Gasteiger partial charge >= 0.3 is 0 Å². The zero-order valence-electron chi connectivity index (χ0n) is 7.11. The monoisotopic (exact) mass is 159 g/mol. The van der Waals surface area contributed by atoms with E-state index in [-0.39, 0.29) is 5.78 Å². The molecule has 2 heteroatoms. The summed E-state index contributed by atoms with van der Waals surface area (Å²) < 4.78 is 11.9. The predicted octanol–water partition coefficient (Wildman–Crippen LogP) is 2.56. The number of alkyl halides is 1. The summed E-state index contributed by atoms with van der Waals surface area (Å²) in [7, 11) is 0. The molecule has 0 aromatic carbocycles. The van der Waals surface area contributed by atoms with Crippen molar-refractivity contribution in [1.82, 2.24) is 0 Å². The van der Waals surface area contributed by atoms with Crippen LogP contribution in [0.25, 0.3) is 0 Å². The fourth-order valence-electron chi connectivity index (χ4n) is 0.808. The lowest BCUT2D eigenvalue weighted by Crippen LogP contribution is -2.12. The molecule has 65 valence electrons. The number of carbonyl (C=O) groups excluding carboxylic acids is 1. The summed E-state index contributed by atoms with van der Waals surface area (Å²) in [4.78, 5) is 11.0.